The first-order chi connectivity index (χ1) is 9.58. The molecule has 0 aliphatic heterocycles. The molecular weight excluding hydrogens is 274 g/mol. The number of nitrogens with zero attached hydrogens (tertiary/aromatic N) is 1. The Hall–Kier alpha value is -1.01. The molecule has 0 aromatic carbocycles. The van der Waals surface area contributed by atoms with Gasteiger partial charge in [-0.25, -0.2) is 4.98 Å². The lowest BCUT2D eigenvalue weighted by atomic mass is 9.97. The number of aliphatic hydroxyl groups is 1. The summed E-state index contributed by atoms with van der Waals surface area (Å²) in [7, 11) is 1.57. The van der Waals surface area contributed by atoms with Crippen LogP contribution < -0.4 is 0 Å². The van der Waals surface area contributed by atoms with E-state index in [1.54, 1.807) is 30.7 Å². The van der Waals surface area contributed by atoms with E-state index in [2.05, 4.69) is 11.6 Å². The second kappa shape index (κ2) is 9.02. The Bertz CT molecular complexity index is 417. The van der Waals surface area contributed by atoms with Crippen LogP contribution in [-0.2, 0) is 16.1 Å². The van der Waals surface area contributed by atoms with Gasteiger partial charge < -0.3 is 14.6 Å². The van der Waals surface area contributed by atoms with Crippen LogP contribution in [0.15, 0.2) is 35.9 Å². The summed E-state index contributed by atoms with van der Waals surface area (Å²) in [5.74, 6) is -0.0265. The molecule has 1 rings (SSSR count). The summed E-state index contributed by atoms with van der Waals surface area (Å²) in [5, 5.41) is 13.0. The molecule has 4 nitrogen and oxygen atoms in total. The van der Waals surface area contributed by atoms with Crippen molar-refractivity contribution in [2.75, 3.05) is 13.7 Å². The second-order valence-corrected chi connectivity index (χ2v) is 5.70. The van der Waals surface area contributed by atoms with Crippen molar-refractivity contribution in [3.05, 3.63) is 40.9 Å². The lowest BCUT2D eigenvalue weighted by Gasteiger charge is -2.22. The molecule has 0 fully saturated rings. The molecule has 5 heteroatoms. The molecule has 3 atom stereocenters. The summed E-state index contributed by atoms with van der Waals surface area (Å²) in [6, 6.07) is 0. The monoisotopic (exact) mass is 297 g/mol. The maximum atomic E-state index is 10.1. The third-order valence-corrected chi connectivity index (χ3v) is 3.72. The zero-order chi connectivity index (χ0) is 15.0. The Labute approximate surface area is 124 Å². The van der Waals surface area contributed by atoms with Crippen LogP contribution in [0.5, 0.6) is 0 Å². The second-order valence-electron chi connectivity index (χ2n) is 4.72. The number of rotatable bonds is 9. The fourth-order valence-corrected chi connectivity index (χ4v) is 2.45. The number of aliphatic hydroxyl groups excluding tert-OH is 1. The predicted octanol–water partition coefficient (Wildman–Crippen LogP) is 2.80. The van der Waals surface area contributed by atoms with Crippen LogP contribution in [0, 0.1) is 5.92 Å². The Kier molecular flexibility index (Phi) is 7.69. The van der Waals surface area contributed by atoms with Crippen LogP contribution in [0.3, 0.4) is 0 Å². The molecule has 0 aliphatic rings. The number of aromatic nitrogens is 1. The molecule has 1 unspecified atom stereocenters. The summed E-state index contributed by atoms with van der Waals surface area (Å²) >= 11 is 1.58. The Balaban J connectivity index is 2.40. The van der Waals surface area contributed by atoms with Crippen LogP contribution in [0.4, 0.5) is 0 Å². The van der Waals surface area contributed by atoms with Gasteiger partial charge in [0.25, 0.3) is 0 Å². The van der Waals surface area contributed by atoms with Gasteiger partial charge in [-0.05, 0) is 6.92 Å². The van der Waals surface area contributed by atoms with Gasteiger partial charge in [-0.3, -0.25) is 0 Å². The number of thiazole rings is 1. The first kappa shape index (κ1) is 17.0. The predicted molar refractivity (Wildman–Crippen MR) is 81.7 cm³/mol. The molecule has 1 heterocycles. The molecule has 0 amide bonds. The Morgan fingerprint density at radius 2 is 2.35 bits per heavy atom. The Morgan fingerprint density at radius 1 is 1.60 bits per heavy atom. The number of hydrogen-bond donors (Lipinski definition) is 1. The first-order valence-electron chi connectivity index (χ1n) is 6.55. The van der Waals surface area contributed by atoms with E-state index in [0.29, 0.717) is 13.2 Å². The number of hydrogen-bond acceptors (Lipinski definition) is 5. The fraction of sp³-hybridized carbons (Fsp3) is 0.533. The van der Waals surface area contributed by atoms with Crippen LogP contribution in [-0.4, -0.2) is 36.0 Å². The van der Waals surface area contributed by atoms with Gasteiger partial charge in [-0.15, -0.1) is 17.9 Å². The summed E-state index contributed by atoms with van der Waals surface area (Å²) < 4.78 is 10.7. The molecule has 1 aromatic rings. The highest BCUT2D eigenvalue weighted by atomic mass is 32.1. The normalized spacial score (nSPS) is 16.7. The topological polar surface area (TPSA) is 51.6 Å². The van der Waals surface area contributed by atoms with E-state index in [4.69, 9.17) is 9.47 Å². The zero-order valence-corrected chi connectivity index (χ0v) is 13.1. The lowest BCUT2D eigenvalue weighted by Crippen LogP contribution is -2.31. The molecule has 0 saturated carbocycles. The number of methoxy groups -OCH3 is 1. The minimum absolute atomic E-state index is 0.0265. The summed E-state index contributed by atoms with van der Waals surface area (Å²) in [5.41, 5.74) is 1.08. The minimum atomic E-state index is -0.605. The van der Waals surface area contributed by atoms with Gasteiger partial charge in [0, 0.05) is 24.6 Å². The minimum Gasteiger partial charge on any atom is -0.389 e. The fourth-order valence-electron chi connectivity index (χ4n) is 1.89. The molecule has 1 N–H and O–H groups in total. The van der Waals surface area contributed by atoms with E-state index in [1.165, 1.54) is 0 Å². The van der Waals surface area contributed by atoms with Crippen LogP contribution in [0.25, 0.3) is 0 Å². The molecule has 0 saturated heterocycles. The van der Waals surface area contributed by atoms with Crippen molar-refractivity contribution in [2.24, 2.45) is 5.92 Å². The van der Waals surface area contributed by atoms with Crippen LogP contribution in [0.2, 0.25) is 0 Å². The van der Waals surface area contributed by atoms with Crippen molar-refractivity contribution >= 4 is 11.3 Å². The van der Waals surface area contributed by atoms with Gasteiger partial charge in [-0.2, -0.15) is 0 Å². The highest BCUT2D eigenvalue weighted by Gasteiger charge is 2.20. The SMILES string of the molecule is C=CC(OC)[C@@H](O)[C@H](C)/C=C(/C)COCc1nccs1. The van der Waals surface area contributed by atoms with Gasteiger partial charge in [0.1, 0.15) is 11.1 Å². The van der Waals surface area contributed by atoms with E-state index in [1.807, 2.05) is 25.3 Å². The average molecular weight is 297 g/mol. The summed E-state index contributed by atoms with van der Waals surface area (Å²) in [6.45, 7) is 8.64. The molecule has 0 radical (unpaired) electrons. The third kappa shape index (κ3) is 5.54. The van der Waals surface area contributed by atoms with E-state index < -0.39 is 6.10 Å². The van der Waals surface area contributed by atoms with Gasteiger partial charge in [0.15, 0.2) is 0 Å². The zero-order valence-electron chi connectivity index (χ0n) is 12.3. The highest BCUT2D eigenvalue weighted by Crippen LogP contribution is 2.15. The maximum Gasteiger partial charge on any atom is 0.118 e. The van der Waals surface area contributed by atoms with E-state index >= 15 is 0 Å². The van der Waals surface area contributed by atoms with Gasteiger partial charge >= 0.3 is 0 Å². The molecule has 0 bridgehead atoms. The van der Waals surface area contributed by atoms with E-state index in [-0.39, 0.29) is 12.0 Å². The Morgan fingerprint density at radius 3 is 2.90 bits per heavy atom. The molecular formula is C15H23NO3S. The van der Waals surface area contributed by atoms with Gasteiger partial charge in [-0.1, -0.05) is 24.6 Å². The van der Waals surface area contributed by atoms with Crippen molar-refractivity contribution in [2.45, 2.75) is 32.7 Å². The largest absolute Gasteiger partial charge is 0.389 e. The smallest absolute Gasteiger partial charge is 0.118 e. The standard InChI is InChI=1S/C15H23NO3S/c1-5-13(18-4)15(17)12(3)8-11(2)9-19-10-14-16-6-7-20-14/h5-8,12-13,15,17H,1,9-10H2,2-4H3/b11-8-/t12-,13?,15+/m1/s1. The molecule has 112 valence electrons. The van der Waals surface area contributed by atoms with E-state index in [9.17, 15) is 5.11 Å². The van der Waals surface area contributed by atoms with Crippen molar-refractivity contribution in [1.29, 1.82) is 0 Å². The van der Waals surface area contributed by atoms with E-state index in [0.717, 1.165) is 10.6 Å². The summed E-state index contributed by atoms with van der Waals surface area (Å²) in [4.78, 5) is 4.15. The quantitative estimate of drug-likeness (QED) is 0.712. The van der Waals surface area contributed by atoms with Gasteiger partial charge in [0.2, 0.25) is 0 Å². The molecule has 0 spiro atoms. The number of ether oxygens (including phenoxy) is 2. The van der Waals surface area contributed by atoms with Crippen molar-refractivity contribution in [1.82, 2.24) is 4.98 Å². The van der Waals surface area contributed by atoms with Crippen molar-refractivity contribution in [3.63, 3.8) is 0 Å². The van der Waals surface area contributed by atoms with Crippen molar-refractivity contribution in [3.8, 4) is 0 Å². The third-order valence-electron chi connectivity index (χ3n) is 2.97. The average Bonchev–Trinajstić information content (AvgIpc) is 2.93. The maximum absolute atomic E-state index is 10.1. The first-order valence-corrected chi connectivity index (χ1v) is 7.43. The van der Waals surface area contributed by atoms with Crippen LogP contribution >= 0.6 is 11.3 Å². The van der Waals surface area contributed by atoms with Gasteiger partial charge in [0.05, 0.1) is 19.3 Å². The molecule has 0 aliphatic carbocycles. The summed E-state index contributed by atoms with van der Waals surface area (Å²) in [6.07, 6.45) is 4.42. The highest BCUT2D eigenvalue weighted by molar-refractivity contribution is 7.09. The molecule has 20 heavy (non-hydrogen) atoms. The lowest BCUT2D eigenvalue weighted by molar-refractivity contribution is -0.00171. The van der Waals surface area contributed by atoms with Crippen molar-refractivity contribution < 1.29 is 14.6 Å². The molecule has 1 aromatic heterocycles. The van der Waals surface area contributed by atoms with Crippen LogP contribution in [0.1, 0.15) is 18.9 Å².